The van der Waals surface area contributed by atoms with Gasteiger partial charge in [-0.3, -0.25) is 0 Å². The number of ether oxygens (including phenoxy) is 2. The smallest absolute Gasteiger partial charge is 0.0723 e. The summed E-state index contributed by atoms with van der Waals surface area (Å²) < 4.78 is 11.2. The van der Waals surface area contributed by atoms with Crippen LogP contribution >= 0.6 is 0 Å². The van der Waals surface area contributed by atoms with Crippen molar-refractivity contribution < 1.29 is 9.47 Å². The van der Waals surface area contributed by atoms with Gasteiger partial charge in [-0.25, -0.2) is 0 Å². The summed E-state index contributed by atoms with van der Waals surface area (Å²) in [6, 6.07) is 0. The van der Waals surface area contributed by atoms with E-state index in [1.54, 1.807) is 0 Å². The van der Waals surface area contributed by atoms with Crippen LogP contribution < -0.4 is 5.32 Å². The average Bonchev–Trinajstić information content (AvgIpc) is 2.15. The molecule has 0 saturated heterocycles. The van der Waals surface area contributed by atoms with E-state index in [2.05, 4.69) is 26.1 Å². The molecule has 0 aliphatic heterocycles. The zero-order valence-corrected chi connectivity index (χ0v) is 10.9. The number of rotatable bonds is 9. The van der Waals surface area contributed by atoms with Crippen LogP contribution in [0.5, 0.6) is 0 Å². The highest BCUT2D eigenvalue weighted by molar-refractivity contribution is 4.65. The van der Waals surface area contributed by atoms with E-state index in [4.69, 9.17) is 9.47 Å². The van der Waals surface area contributed by atoms with Crippen LogP contribution in [0.4, 0.5) is 0 Å². The van der Waals surface area contributed by atoms with Crippen molar-refractivity contribution in [3.8, 4) is 0 Å². The Labute approximate surface area is 94.5 Å². The molecule has 0 bridgehead atoms. The van der Waals surface area contributed by atoms with Crippen LogP contribution in [-0.2, 0) is 9.47 Å². The van der Waals surface area contributed by atoms with Crippen molar-refractivity contribution in [1.29, 1.82) is 0 Å². The molecule has 0 aromatic heterocycles. The highest BCUT2D eigenvalue weighted by Crippen LogP contribution is 2.05. The molecule has 3 nitrogen and oxygen atoms in total. The lowest BCUT2D eigenvalue weighted by atomic mass is 10.1. The van der Waals surface area contributed by atoms with Crippen LogP contribution in [0.25, 0.3) is 0 Å². The maximum absolute atomic E-state index is 5.77. The lowest BCUT2D eigenvalue weighted by molar-refractivity contribution is -0.0270. The maximum Gasteiger partial charge on any atom is 0.0723 e. The van der Waals surface area contributed by atoms with Gasteiger partial charge in [0.15, 0.2) is 0 Å². The van der Waals surface area contributed by atoms with Gasteiger partial charge in [-0.15, -0.1) is 0 Å². The first-order valence-corrected chi connectivity index (χ1v) is 6.01. The Morgan fingerprint density at radius 2 is 1.60 bits per heavy atom. The molecule has 3 heteroatoms. The molecule has 0 saturated carbocycles. The van der Waals surface area contributed by atoms with Crippen molar-refractivity contribution in [3.63, 3.8) is 0 Å². The van der Waals surface area contributed by atoms with Gasteiger partial charge >= 0.3 is 0 Å². The first-order chi connectivity index (χ1) is 7.07. The number of hydrogen-bond acceptors (Lipinski definition) is 3. The van der Waals surface area contributed by atoms with E-state index in [1.165, 1.54) is 0 Å². The van der Waals surface area contributed by atoms with E-state index in [0.29, 0.717) is 31.3 Å². The zero-order valence-electron chi connectivity index (χ0n) is 10.9. The second-order valence-electron chi connectivity index (χ2n) is 4.38. The van der Waals surface area contributed by atoms with Gasteiger partial charge in [-0.1, -0.05) is 20.8 Å². The molecule has 0 aromatic rings. The predicted molar refractivity (Wildman–Crippen MR) is 64.2 cm³/mol. The summed E-state index contributed by atoms with van der Waals surface area (Å²) in [5, 5.41) is 3.31. The molecule has 1 N–H and O–H groups in total. The van der Waals surface area contributed by atoms with Gasteiger partial charge < -0.3 is 14.8 Å². The first kappa shape index (κ1) is 14.9. The minimum absolute atomic E-state index is 0.292. The first-order valence-electron chi connectivity index (χ1n) is 6.01. The van der Waals surface area contributed by atoms with E-state index in [-0.39, 0.29) is 0 Å². The van der Waals surface area contributed by atoms with Crippen LogP contribution in [0.3, 0.4) is 0 Å². The topological polar surface area (TPSA) is 30.5 Å². The molecule has 1 unspecified atom stereocenters. The molecule has 0 aliphatic carbocycles. The summed E-state index contributed by atoms with van der Waals surface area (Å²) in [6.07, 6.45) is 0.584. The summed E-state index contributed by atoms with van der Waals surface area (Å²) in [4.78, 5) is 0. The molecular weight excluding hydrogens is 190 g/mol. The monoisotopic (exact) mass is 217 g/mol. The predicted octanol–water partition coefficient (Wildman–Crippen LogP) is 2.06. The quantitative estimate of drug-likeness (QED) is 0.600. The minimum Gasteiger partial charge on any atom is -0.376 e. The molecule has 0 radical (unpaired) electrons. The summed E-state index contributed by atoms with van der Waals surface area (Å²) in [5.41, 5.74) is 0. The van der Waals surface area contributed by atoms with Crippen molar-refractivity contribution in [2.24, 2.45) is 5.92 Å². The maximum atomic E-state index is 5.77. The van der Waals surface area contributed by atoms with Crippen molar-refractivity contribution in [1.82, 2.24) is 5.32 Å². The molecular formula is C12H27NO2. The third kappa shape index (κ3) is 8.85. The van der Waals surface area contributed by atoms with E-state index in [1.807, 2.05) is 13.8 Å². The van der Waals surface area contributed by atoms with Crippen LogP contribution in [0.15, 0.2) is 0 Å². The van der Waals surface area contributed by atoms with Gasteiger partial charge in [0.1, 0.15) is 0 Å². The summed E-state index contributed by atoms with van der Waals surface area (Å²) >= 11 is 0. The summed E-state index contributed by atoms with van der Waals surface area (Å²) in [5.74, 6) is 0.545. The Hall–Kier alpha value is -0.120. The largest absolute Gasteiger partial charge is 0.376 e. The molecule has 1 atom stereocenters. The minimum atomic E-state index is 0.292. The second kappa shape index (κ2) is 9.13. The van der Waals surface area contributed by atoms with E-state index < -0.39 is 0 Å². The molecule has 92 valence electrons. The average molecular weight is 217 g/mol. The lowest BCUT2D eigenvalue weighted by Crippen LogP contribution is -2.34. The summed E-state index contributed by atoms with van der Waals surface area (Å²) in [6.45, 7) is 13.9. The molecule has 0 spiro atoms. The third-order valence-electron chi connectivity index (χ3n) is 2.21. The Balaban J connectivity index is 3.57. The number of hydrogen-bond donors (Lipinski definition) is 1. The lowest BCUT2D eigenvalue weighted by Gasteiger charge is -2.22. The fraction of sp³-hybridized carbons (Fsp3) is 1.00. The van der Waals surface area contributed by atoms with Crippen LogP contribution in [0.1, 0.15) is 34.6 Å². The molecule has 0 amide bonds. The summed E-state index contributed by atoms with van der Waals surface area (Å²) in [7, 11) is 0. The van der Waals surface area contributed by atoms with Crippen molar-refractivity contribution in [3.05, 3.63) is 0 Å². The SMILES string of the molecule is CCNCC(OCCOC(C)C)C(C)C. The van der Waals surface area contributed by atoms with Crippen LogP contribution in [-0.4, -0.2) is 38.5 Å². The van der Waals surface area contributed by atoms with Gasteiger partial charge in [0.25, 0.3) is 0 Å². The Morgan fingerprint density at radius 3 is 2.07 bits per heavy atom. The number of nitrogens with one attached hydrogen (secondary N) is 1. The molecule has 0 rings (SSSR count). The third-order valence-corrected chi connectivity index (χ3v) is 2.21. The Kier molecular flexibility index (Phi) is 9.06. The van der Waals surface area contributed by atoms with Crippen molar-refractivity contribution in [2.75, 3.05) is 26.3 Å². The zero-order chi connectivity index (χ0) is 11.7. The second-order valence-corrected chi connectivity index (χ2v) is 4.38. The molecule has 0 heterocycles. The standard InChI is InChI=1S/C12H27NO2/c1-6-13-9-12(10(2)3)15-8-7-14-11(4)5/h10-13H,6-9H2,1-5H3. The van der Waals surface area contributed by atoms with Crippen LogP contribution in [0, 0.1) is 5.92 Å². The van der Waals surface area contributed by atoms with Gasteiger partial charge in [-0.2, -0.15) is 0 Å². The van der Waals surface area contributed by atoms with Gasteiger partial charge in [0.2, 0.25) is 0 Å². The highest BCUT2D eigenvalue weighted by atomic mass is 16.5. The highest BCUT2D eigenvalue weighted by Gasteiger charge is 2.12. The fourth-order valence-electron chi connectivity index (χ4n) is 1.26. The van der Waals surface area contributed by atoms with E-state index in [0.717, 1.165) is 13.1 Å². The molecule has 15 heavy (non-hydrogen) atoms. The molecule has 0 aliphatic rings. The van der Waals surface area contributed by atoms with Crippen molar-refractivity contribution >= 4 is 0 Å². The normalized spacial score (nSPS) is 13.8. The van der Waals surface area contributed by atoms with Gasteiger partial charge in [-0.05, 0) is 26.3 Å². The van der Waals surface area contributed by atoms with Crippen LogP contribution in [0.2, 0.25) is 0 Å². The Bertz CT molecular complexity index is 138. The van der Waals surface area contributed by atoms with Gasteiger partial charge in [0, 0.05) is 6.54 Å². The molecule has 0 aromatic carbocycles. The fourth-order valence-corrected chi connectivity index (χ4v) is 1.26. The van der Waals surface area contributed by atoms with Gasteiger partial charge in [0.05, 0.1) is 25.4 Å². The van der Waals surface area contributed by atoms with E-state index >= 15 is 0 Å². The van der Waals surface area contributed by atoms with Crippen molar-refractivity contribution in [2.45, 2.75) is 46.8 Å². The number of likely N-dealkylation sites (N-methyl/N-ethyl adjacent to an activating group) is 1. The molecule has 0 fully saturated rings. The Morgan fingerprint density at radius 1 is 1.00 bits per heavy atom. The van der Waals surface area contributed by atoms with E-state index in [9.17, 15) is 0 Å².